The van der Waals surface area contributed by atoms with Gasteiger partial charge in [-0.25, -0.2) is 9.19 Å². The topological polar surface area (TPSA) is 87.3 Å². The lowest BCUT2D eigenvalue weighted by Gasteiger charge is -2.32. The Hall–Kier alpha value is -3.08. The fourth-order valence-electron chi connectivity index (χ4n) is 3.20. The Balaban J connectivity index is 1.57. The van der Waals surface area contributed by atoms with Crippen molar-refractivity contribution < 1.29 is 26.9 Å². The zero-order chi connectivity index (χ0) is 22.2. The summed E-state index contributed by atoms with van der Waals surface area (Å²) >= 11 is 0. The third kappa shape index (κ3) is 4.09. The van der Waals surface area contributed by atoms with E-state index in [4.69, 9.17) is 4.74 Å². The van der Waals surface area contributed by atoms with E-state index in [2.05, 4.69) is 15.3 Å². The van der Waals surface area contributed by atoms with Gasteiger partial charge in [-0.15, -0.1) is 0 Å². The van der Waals surface area contributed by atoms with Gasteiger partial charge in [0.25, 0.3) is 5.91 Å². The maximum Gasteiger partial charge on any atom is 0.397 e. The molecule has 11 heteroatoms. The van der Waals surface area contributed by atoms with Crippen molar-refractivity contribution >= 4 is 22.6 Å². The first-order valence-electron chi connectivity index (χ1n) is 9.40. The molecule has 1 aromatic heterocycles. The van der Waals surface area contributed by atoms with Crippen LogP contribution in [-0.2, 0) is 11.0 Å². The van der Waals surface area contributed by atoms with Gasteiger partial charge in [-0.05, 0) is 37.6 Å². The highest BCUT2D eigenvalue weighted by molar-refractivity contribution is 7.83. The van der Waals surface area contributed by atoms with Crippen molar-refractivity contribution in [3.63, 3.8) is 0 Å². The molecular weight excluding hydrogens is 433 g/mol. The van der Waals surface area contributed by atoms with Crippen molar-refractivity contribution in [1.82, 2.24) is 14.3 Å². The lowest BCUT2D eigenvalue weighted by atomic mass is 9.82. The molecule has 0 spiro atoms. The number of rotatable bonds is 3. The summed E-state index contributed by atoms with van der Waals surface area (Å²) in [7, 11) is -1.74. The third-order valence-electron chi connectivity index (χ3n) is 5.18. The van der Waals surface area contributed by atoms with Gasteiger partial charge in [0.2, 0.25) is 0 Å². The SMILES string of the molecule is CC1(C(F)(F)F)C=CC(N2CCOc3ccc(NC(=O)c4cnc[nH]4)cc3S2=O)=CC1. The number of fused-ring (bicyclic) bond motifs is 1. The number of nitrogens with zero attached hydrogens (tertiary/aromatic N) is 2. The molecule has 2 heterocycles. The van der Waals surface area contributed by atoms with E-state index in [0.29, 0.717) is 22.0 Å². The van der Waals surface area contributed by atoms with Gasteiger partial charge in [-0.1, -0.05) is 12.2 Å². The summed E-state index contributed by atoms with van der Waals surface area (Å²) in [4.78, 5) is 19.0. The number of aromatic amines is 1. The van der Waals surface area contributed by atoms with E-state index in [9.17, 15) is 22.2 Å². The van der Waals surface area contributed by atoms with E-state index in [0.717, 1.165) is 13.0 Å². The number of alkyl halides is 3. The van der Waals surface area contributed by atoms with Crippen LogP contribution < -0.4 is 10.1 Å². The molecule has 1 aromatic carbocycles. The average molecular weight is 452 g/mol. The van der Waals surface area contributed by atoms with Gasteiger partial charge in [-0.3, -0.25) is 9.10 Å². The number of hydrogen-bond donors (Lipinski definition) is 2. The molecule has 2 aliphatic rings. The van der Waals surface area contributed by atoms with Gasteiger partial charge in [0.15, 0.2) is 11.0 Å². The predicted molar refractivity (Wildman–Crippen MR) is 108 cm³/mol. The second kappa shape index (κ2) is 7.88. The van der Waals surface area contributed by atoms with Gasteiger partial charge in [0.05, 0.1) is 24.5 Å². The maximum atomic E-state index is 13.3. The number of aromatic nitrogens is 2. The third-order valence-corrected chi connectivity index (χ3v) is 6.67. The number of carbonyl (C=O) groups is 1. The number of halogens is 3. The number of ether oxygens (including phenoxy) is 1. The van der Waals surface area contributed by atoms with Gasteiger partial charge in [0, 0.05) is 11.4 Å². The molecule has 2 atom stereocenters. The van der Waals surface area contributed by atoms with Crippen LogP contribution in [0.25, 0.3) is 0 Å². The van der Waals surface area contributed by atoms with E-state index >= 15 is 0 Å². The number of imidazole rings is 1. The van der Waals surface area contributed by atoms with Crippen LogP contribution in [0, 0.1) is 5.41 Å². The van der Waals surface area contributed by atoms with E-state index in [1.165, 1.54) is 35.0 Å². The summed E-state index contributed by atoms with van der Waals surface area (Å²) in [6, 6.07) is 4.75. The van der Waals surface area contributed by atoms with E-state index in [1.54, 1.807) is 12.1 Å². The molecule has 31 heavy (non-hydrogen) atoms. The Bertz CT molecular complexity index is 1080. The van der Waals surface area contributed by atoms with Crippen molar-refractivity contribution in [1.29, 1.82) is 0 Å². The second-order valence-electron chi connectivity index (χ2n) is 7.36. The fourth-order valence-corrected chi connectivity index (χ4v) is 4.53. The minimum atomic E-state index is -4.37. The Morgan fingerprint density at radius 1 is 1.39 bits per heavy atom. The molecule has 2 N–H and O–H groups in total. The van der Waals surface area contributed by atoms with E-state index in [-0.39, 0.29) is 25.3 Å². The lowest BCUT2D eigenvalue weighted by Crippen LogP contribution is -2.36. The molecule has 2 unspecified atom stereocenters. The largest absolute Gasteiger partial charge is 0.490 e. The summed E-state index contributed by atoms with van der Waals surface area (Å²) in [5.74, 6) is -0.0279. The van der Waals surface area contributed by atoms with Crippen molar-refractivity contribution in [2.24, 2.45) is 5.41 Å². The molecule has 1 aliphatic heterocycles. The van der Waals surface area contributed by atoms with Gasteiger partial charge in [-0.2, -0.15) is 13.2 Å². The van der Waals surface area contributed by atoms with Crippen molar-refractivity contribution in [3.8, 4) is 5.75 Å². The standard InChI is InChI=1S/C20H19F3N4O3S/c1-19(20(21,22)23)6-4-14(5-7-19)27-8-9-30-16-3-2-13(10-17(16)31(27)29)26-18(28)15-11-24-12-25-15/h2-6,10-12H,7-9H2,1H3,(H,24,25)(H,26,28). The summed E-state index contributed by atoms with van der Waals surface area (Å²) in [6.45, 7) is 1.57. The molecular formula is C20H19F3N4O3S. The Morgan fingerprint density at radius 2 is 2.19 bits per heavy atom. The van der Waals surface area contributed by atoms with Crippen LogP contribution in [0.4, 0.5) is 18.9 Å². The van der Waals surface area contributed by atoms with Crippen LogP contribution in [0.5, 0.6) is 5.75 Å². The first kappa shape index (κ1) is 21.2. The maximum absolute atomic E-state index is 13.3. The zero-order valence-electron chi connectivity index (χ0n) is 16.4. The van der Waals surface area contributed by atoms with Gasteiger partial charge in [0.1, 0.15) is 22.9 Å². The molecule has 0 radical (unpaired) electrons. The molecule has 0 fully saturated rings. The second-order valence-corrected chi connectivity index (χ2v) is 8.74. The quantitative estimate of drug-likeness (QED) is 0.742. The van der Waals surface area contributed by atoms with Crippen LogP contribution in [0.1, 0.15) is 23.8 Å². The number of hydrogen-bond acceptors (Lipinski definition) is 4. The highest BCUT2D eigenvalue weighted by Gasteiger charge is 2.49. The Morgan fingerprint density at radius 3 is 2.84 bits per heavy atom. The number of H-pyrrole nitrogens is 1. The normalized spacial score (nSPS) is 23.4. The summed E-state index contributed by atoms with van der Waals surface area (Å²) in [6.07, 6.45) is 2.03. The first-order chi connectivity index (χ1) is 14.7. The van der Waals surface area contributed by atoms with Crippen molar-refractivity contribution in [2.45, 2.75) is 24.4 Å². The summed E-state index contributed by atoms with van der Waals surface area (Å²) < 4.78 is 60.3. The van der Waals surface area contributed by atoms with E-state index in [1.807, 2.05) is 0 Å². The van der Waals surface area contributed by atoms with Crippen LogP contribution >= 0.6 is 0 Å². The molecule has 0 saturated heterocycles. The molecule has 2 aromatic rings. The lowest BCUT2D eigenvalue weighted by molar-refractivity contribution is -0.199. The van der Waals surface area contributed by atoms with Crippen LogP contribution in [0.3, 0.4) is 0 Å². The van der Waals surface area contributed by atoms with Crippen molar-refractivity contribution in [3.05, 3.63) is 60.3 Å². The highest BCUT2D eigenvalue weighted by atomic mass is 32.2. The zero-order valence-corrected chi connectivity index (χ0v) is 17.2. The van der Waals surface area contributed by atoms with Gasteiger partial charge < -0.3 is 15.0 Å². The molecule has 0 bridgehead atoms. The average Bonchev–Trinajstić information content (AvgIpc) is 3.21. The summed E-state index contributed by atoms with van der Waals surface area (Å²) in [5.41, 5.74) is -0.861. The van der Waals surface area contributed by atoms with Gasteiger partial charge >= 0.3 is 6.18 Å². The Labute approximate surface area is 178 Å². The molecule has 1 amide bonds. The number of amides is 1. The molecule has 164 valence electrons. The number of nitrogens with one attached hydrogen (secondary N) is 2. The van der Waals surface area contributed by atoms with Crippen molar-refractivity contribution in [2.75, 3.05) is 18.5 Å². The van der Waals surface area contributed by atoms with Crippen LogP contribution in [0.2, 0.25) is 0 Å². The minimum absolute atomic E-state index is 0.209. The molecule has 0 saturated carbocycles. The molecule has 7 nitrogen and oxygen atoms in total. The predicted octanol–water partition coefficient (Wildman–Crippen LogP) is 3.79. The minimum Gasteiger partial charge on any atom is -0.490 e. The molecule has 4 rings (SSSR count). The Kier molecular flexibility index (Phi) is 5.38. The van der Waals surface area contributed by atoms with E-state index < -0.39 is 28.5 Å². The smallest absolute Gasteiger partial charge is 0.397 e. The first-order valence-corrected chi connectivity index (χ1v) is 10.5. The number of anilines is 1. The van der Waals surface area contributed by atoms with Crippen LogP contribution in [0.15, 0.2) is 59.5 Å². The summed E-state index contributed by atoms with van der Waals surface area (Å²) in [5, 5.41) is 2.68. The highest BCUT2D eigenvalue weighted by Crippen LogP contribution is 2.45. The number of allylic oxidation sites excluding steroid dienone is 3. The monoisotopic (exact) mass is 452 g/mol. The number of benzene rings is 1. The molecule has 1 aliphatic carbocycles. The number of carbonyl (C=O) groups excluding carboxylic acids is 1. The van der Waals surface area contributed by atoms with Crippen LogP contribution in [-0.4, -0.2) is 43.7 Å². The fraction of sp³-hybridized carbons (Fsp3) is 0.300.